The van der Waals surface area contributed by atoms with Crippen LogP contribution >= 0.6 is 0 Å². The van der Waals surface area contributed by atoms with Crippen LogP contribution < -0.4 is 10.6 Å². The number of hydrogen-bond donors (Lipinski definition) is 3. The van der Waals surface area contributed by atoms with Crippen molar-refractivity contribution in [3.8, 4) is 0 Å². The molecule has 2 heterocycles. The smallest absolute Gasteiger partial charge is 0.251 e. The molecular weight excluding hydrogens is 232 g/mol. The van der Waals surface area contributed by atoms with Crippen molar-refractivity contribution < 1.29 is 4.79 Å². The summed E-state index contributed by atoms with van der Waals surface area (Å²) in [6.07, 6.45) is 3.00. The fraction of sp³-hybridized carbons (Fsp3) is 0.273. The van der Waals surface area contributed by atoms with E-state index in [1.54, 1.807) is 18.3 Å². The van der Waals surface area contributed by atoms with E-state index < -0.39 is 0 Å². The molecule has 0 unspecified atom stereocenters. The van der Waals surface area contributed by atoms with Gasteiger partial charge in [-0.2, -0.15) is 5.10 Å². The fourth-order valence-electron chi connectivity index (χ4n) is 1.43. The predicted molar refractivity (Wildman–Crippen MR) is 66.0 cm³/mol. The maximum Gasteiger partial charge on any atom is 0.251 e. The molecular formula is C11H14N6O. The number of anilines is 1. The van der Waals surface area contributed by atoms with Gasteiger partial charge in [-0.25, -0.2) is 9.97 Å². The topological polar surface area (TPSA) is 95.6 Å². The molecule has 3 N–H and O–H groups in total. The van der Waals surface area contributed by atoms with Crippen LogP contribution in [0.15, 0.2) is 24.7 Å². The SMILES string of the molecule is CCNc1cc(C(=O)NCc2ncn[nH]2)ccn1. The zero-order chi connectivity index (χ0) is 12.8. The molecule has 0 spiro atoms. The lowest BCUT2D eigenvalue weighted by Gasteiger charge is -2.05. The van der Waals surface area contributed by atoms with Gasteiger partial charge in [-0.1, -0.05) is 0 Å². The van der Waals surface area contributed by atoms with Gasteiger partial charge in [0, 0.05) is 18.3 Å². The van der Waals surface area contributed by atoms with E-state index in [1.807, 2.05) is 6.92 Å². The molecule has 0 aliphatic rings. The van der Waals surface area contributed by atoms with Crippen LogP contribution in [0.3, 0.4) is 0 Å². The summed E-state index contributed by atoms with van der Waals surface area (Å²) in [4.78, 5) is 19.9. The minimum absolute atomic E-state index is 0.173. The van der Waals surface area contributed by atoms with Crippen LogP contribution in [0.4, 0.5) is 5.82 Å². The Morgan fingerprint density at radius 1 is 1.44 bits per heavy atom. The zero-order valence-electron chi connectivity index (χ0n) is 9.97. The van der Waals surface area contributed by atoms with E-state index in [1.165, 1.54) is 6.33 Å². The van der Waals surface area contributed by atoms with E-state index in [4.69, 9.17) is 0 Å². The van der Waals surface area contributed by atoms with Gasteiger partial charge in [0.15, 0.2) is 0 Å². The first-order chi connectivity index (χ1) is 8.79. The van der Waals surface area contributed by atoms with Gasteiger partial charge in [-0.15, -0.1) is 0 Å². The van der Waals surface area contributed by atoms with Crippen LogP contribution in [-0.2, 0) is 6.54 Å². The van der Waals surface area contributed by atoms with Gasteiger partial charge in [-0.05, 0) is 19.1 Å². The van der Waals surface area contributed by atoms with Crippen molar-refractivity contribution in [1.29, 1.82) is 0 Å². The van der Waals surface area contributed by atoms with E-state index in [0.29, 0.717) is 23.8 Å². The van der Waals surface area contributed by atoms with E-state index in [-0.39, 0.29) is 5.91 Å². The summed E-state index contributed by atoms with van der Waals surface area (Å²) in [6.45, 7) is 3.05. The number of aromatic amines is 1. The number of pyridine rings is 1. The molecule has 2 aromatic heterocycles. The largest absolute Gasteiger partial charge is 0.370 e. The molecule has 0 aliphatic heterocycles. The second-order valence-electron chi connectivity index (χ2n) is 3.57. The third-order valence-corrected chi connectivity index (χ3v) is 2.26. The summed E-state index contributed by atoms with van der Waals surface area (Å²) in [5, 5.41) is 12.2. The molecule has 7 heteroatoms. The van der Waals surface area contributed by atoms with Gasteiger partial charge < -0.3 is 10.6 Å². The summed E-state index contributed by atoms with van der Waals surface area (Å²) in [7, 11) is 0. The van der Waals surface area contributed by atoms with Crippen LogP contribution in [0.2, 0.25) is 0 Å². The molecule has 0 saturated heterocycles. The second kappa shape index (κ2) is 5.76. The maximum atomic E-state index is 11.9. The highest BCUT2D eigenvalue weighted by Crippen LogP contribution is 2.06. The molecule has 0 fully saturated rings. The Balaban J connectivity index is 1.97. The first kappa shape index (κ1) is 12.0. The molecule has 0 aromatic carbocycles. The van der Waals surface area contributed by atoms with Crippen molar-refractivity contribution in [2.45, 2.75) is 13.5 Å². The Morgan fingerprint density at radius 3 is 3.06 bits per heavy atom. The van der Waals surface area contributed by atoms with Crippen LogP contribution in [0, 0.1) is 0 Å². The molecule has 94 valence electrons. The first-order valence-corrected chi connectivity index (χ1v) is 5.62. The average Bonchev–Trinajstić information content (AvgIpc) is 2.90. The number of carbonyl (C=O) groups is 1. The minimum Gasteiger partial charge on any atom is -0.370 e. The van der Waals surface area contributed by atoms with Crippen molar-refractivity contribution in [2.24, 2.45) is 0 Å². The second-order valence-corrected chi connectivity index (χ2v) is 3.57. The molecule has 7 nitrogen and oxygen atoms in total. The van der Waals surface area contributed by atoms with Crippen LogP contribution in [-0.4, -0.2) is 32.6 Å². The highest BCUT2D eigenvalue weighted by molar-refractivity contribution is 5.94. The lowest BCUT2D eigenvalue weighted by Crippen LogP contribution is -2.23. The number of nitrogens with zero attached hydrogens (tertiary/aromatic N) is 3. The molecule has 18 heavy (non-hydrogen) atoms. The Hall–Kier alpha value is -2.44. The molecule has 2 rings (SSSR count). The van der Waals surface area contributed by atoms with Gasteiger partial charge in [0.2, 0.25) is 0 Å². The quantitative estimate of drug-likeness (QED) is 0.716. The van der Waals surface area contributed by atoms with Gasteiger partial charge >= 0.3 is 0 Å². The number of nitrogens with one attached hydrogen (secondary N) is 3. The maximum absolute atomic E-state index is 11.9. The highest BCUT2D eigenvalue weighted by atomic mass is 16.1. The van der Waals surface area contributed by atoms with E-state index in [0.717, 1.165) is 6.54 Å². The lowest BCUT2D eigenvalue weighted by atomic mass is 10.2. The Labute approximate surface area is 104 Å². The molecule has 1 amide bonds. The molecule has 0 bridgehead atoms. The lowest BCUT2D eigenvalue weighted by molar-refractivity contribution is 0.0950. The molecule has 0 saturated carbocycles. The summed E-state index contributed by atoms with van der Waals surface area (Å²) in [5.41, 5.74) is 0.556. The summed E-state index contributed by atoms with van der Waals surface area (Å²) in [6, 6.07) is 3.37. The molecule has 0 aliphatic carbocycles. The van der Waals surface area contributed by atoms with E-state index >= 15 is 0 Å². The number of amides is 1. The first-order valence-electron chi connectivity index (χ1n) is 5.62. The van der Waals surface area contributed by atoms with Crippen LogP contribution in [0.1, 0.15) is 23.1 Å². The molecule has 2 aromatic rings. The number of aromatic nitrogens is 4. The van der Waals surface area contributed by atoms with Crippen molar-refractivity contribution >= 4 is 11.7 Å². The third kappa shape index (κ3) is 3.03. The van der Waals surface area contributed by atoms with Gasteiger partial charge in [-0.3, -0.25) is 9.89 Å². The van der Waals surface area contributed by atoms with E-state index in [2.05, 4.69) is 30.8 Å². The fourth-order valence-corrected chi connectivity index (χ4v) is 1.43. The number of hydrogen-bond acceptors (Lipinski definition) is 5. The number of rotatable bonds is 5. The summed E-state index contributed by atoms with van der Waals surface area (Å²) >= 11 is 0. The Bertz CT molecular complexity index is 510. The molecule has 0 atom stereocenters. The summed E-state index contributed by atoms with van der Waals surface area (Å²) < 4.78 is 0. The van der Waals surface area contributed by atoms with Gasteiger partial charge in [0.05, 0.1) is 6.54 Å². The predicted octanol–water partition coefficient (Wildman–Crippen LogP) is 0.561. The normalized spacial score (nSPS) is 10.1. The zero-order valence-corrected chi connectivity index (χ0v) is 9.97. The monoisotopic (exact) mass is 246 g/mol. The standard InChI is InChI=1S/C11H14N6O/c1-2-12-9-5-8(3-4-13-9)11(18)14-6-10-15-7-16-17-10/h3-5,7H,2,6H2,1H3,(H,12,13)(H,14,18)(H,15,16,17). The van der Waals surface area contributed by atoms with Crippen molar-refractivity contribution in [1.82, 2.24) is 25.5 Å². The summed E-state index contributed by atoms with van der Waals surface area (Å²) in [5.74, 6) is 1.13. The number of H-pyrrole nitrogens is 1. The third-order valence-electron chi connectivity index (χ3n) is 2.26. The number of carbonyl (C=O) groups excluding carboxylic acids is 1. The van der Waals surface area contributed by atoms with Gasteiger partial charge in [0.25, 0.3) is 5.91 Å². The van der Waals surface area contributed by atoms with Crippen molar-refractivity contribution in [3.05, 3.63) is 36.0 Å². The Kier molecular flexibility index (Phi) is 3.85. The average molecular weight is 246 g/mol. The molecule has 0 radical (unpaired) electrons. The van der Waals surface area contributed by atoms with Crippen molar-refractivity contribution in [2.75, 3.05) is 11.9 Å². The minimum atomic E-state index is -0.173. The van der Waals surface area contributed by atoms with Crippen molar-refractivity contribution in [3.63, 3.8) is 0 Å². The van der Waals surface area contributed by atoms with Crippen LogP contribution in [0.25, 0.3) is 0 Å². The van der Waals surface area contributed by atoms with E-state index in [9.17, 15) is 4.79 Å². The van der Waals surface area contributed by atoms with Crippen LogP contribution in [0.5, 0.6) is 0 Å². The Morgan fingerprint density at radius 2 is 2.33 bits per heavy atom. The van der Waals surface area contributed by atoms with Gasteiger partial charge in [0.1, 0.15) is 18.0 Å². The highest BCUT2D eigenvalue weighted by Gasteiger charge is 2.07.